The Labute approximate surface area is 182 Å². The summed E-state index contributed by atoms with van der Waals surface area (Å²) in [7, 11) is 1.50. The number of esters is 1. The van der Waals surface area contributed by atoms with E-state index in [1.807, 2.05) is 37.3 Å². The maximum absolute atomic E-state index is 11.9. The van der Waals surface area contributed by atoms with Gasteiger partial charge in [0.2, 0.25) is 5.91 Å². The van der Waals surface area contributed by atoms with Crippen molar-refractivity contribution in [1.82, 2.24) is 5.32 Å². The summed E-state index contributed by atoms with van der Waals surface area (Å²) in [4.78, 5) is 23.7. The molecule has 0 saturated carbocycles. The van der Waals surface area contributed by atoms with Gasteiger partial charge in [-0.05, 0) is 37.5 Å². The Morgan fingerprint density at radius 3 is 2.52 bits per heavy atom. The lowest BCUT2D eigenvalue weighted by Crippen LogP contribution is -2.28. The Morgan fingerprint density at radius 2 is 1.81 bits per heavy atom. The molecule has 1 N–H and O–H groups in total. The molecule has 0 radical (unpaired) electrons. The molecule has 0 aliphatic carbocycles. The van der Waals surface area contributed by atoms with E-state index in [2.05, 4.69) is 5.32 Å². The maximum atomic E-state index is 11.9. The highest BCUT2D eigenvalue weighted by molar-refractivity contribution is 5.76. The minimum absolute atomic E-state index is 0.0682. The van der Waals surface area contributed by atoms with E-state index < -0.39 is 0 Å². The summed E-state index contributed by atoms with van der Waals surface area (Å²) in [6, 6.07) is 15.0. The summed E-state index contributed by atoms with van der Waals surface area (Å²) >= 11 is 0. The number of ether oxygens (including phenoxy) is 3. The molecule has 0 aliphatic heterocycles. The van der Waals surface area contributed by atoms with Gasteiger partial charge in [-0.3, -0.25) is 9.59 Å². The predicted molar refractivity (Wildman–Crippen MR) is 116 cm³/mol. The summed E-state index contributed by atoms with van der Waals surface area (Å²) in [5.41, 5.74) is 2.79. The highest BCUT2D eigenvalue weighted by Crippen LogP contribution is 2.27. The van der Waals surface area contributed by atoms with Crippen LogP contribution in [0, 0.1) is 18.3 Å². The Kier molecular flexibility index (Phi) is 9.89. The molecule has 0 fully saturated rings. The van der Waals surface area contributed by atoms with Crippen LogP contribution in [0.2, 0.25) is 0 Å². The third kappa shape index (κ3) is 8.79. The number of carbonyl (C=O) groups is 2. The monoisotopic (exact) mass is 424 g/mol. The Balaban J connectivity index is 1.54. The fraction of sp³-hybridized carbons (Fsp3) is 0.375. The molecule has 0 unspecified atom stereocenters. The summed E-state index contributed by atoms with van der Waals surface area (Å²) in [5.74, 6) is 0.577. The SMILES string of the molecule is COc1cc(C#N)ccc1OCCCC(=O)OCCNC(=O)CCc1ccc(C)cc1. The normalized spacial score (nSPS) is 10.1. The first-order valence-corrected chi connectivity index (χ1v) is 10.2. The van der Waals surface area contributed by atoms with Crippen molar-refractivity contribution >= 4 is 11.9 Å². The van der Waals surface area contributed by atoms with Gasteiger partial charge in [-0.2, -0.15) is 5.26 Å². The quantitative estimate of drug-likeness (QED) is 0.415. The second-order valence-corrected chi connectivity index (χ2v) is 6.99. The molecule has 7 nitrogen and oxygen atoms in total. The number of aryl methyl sites for hydroxylation is 2. The molecule has 0 aromatic heterocycles. The molecule has 0 saturated heterocycles. The zero-order chi connectivity index (χ0) is 22.5. The number of carbonyl (C=O) groups excluding carboxylic acids is 2. The van der Waals surface area contributed by atoms with Gasteiger partial charge >= 0.3 is 5.97 Å². The van der Waals surface area contributed by atoms with Crippen molar-refractivity contribution in [2.75, 3.05) is 26.9 Å². The first-order chi connectivity index (χ1) is 15.0. The molecule has 164 valence electrons. The van der Waals surface area contributed by atoms with Crippen molar-refractivity contribution in [3.8, 4) is 17.6 Å². The van der Waals surface area contributed by atoms with Crippen molar-refractivity contribution < 1.29 is 23.8 Å². The Bertz CT molecular complexity index is 903. The van der Waals surface area contributed by atoms with Gasteiger partial charge in [-0.1, -0.05) is 29.8 Å². The summed E-state index contributed by atoms with van der Waals surface area (Å²) < 4.78 is 15.9. The van der Waals surface area contributed by atoms with Crippen LogP contribution in [-0.4, -0.2) is 38.7 Å². The van der Waals surface area contributed by atoms with Crippen molar-refractivity contribution in [3.05, 3.63) is 59.2 Å². The lowest BCUT2D eigenvalue weighted by Gasteiger charge is -2.11. The number of hydrogen-bond donors (Lipinski definition) is 1. The van der Waals surface area contributed by atoms with E-state index in [0.29, 0.717) is 42.9 Å². The van der Waals surface area contributed by atoms with Gasteiger partial charge in [0.1, 0.15) is 6.61 Å². The van der Waals surface area contributed by atoms with Crippen molar-refractivity contribution in [2.45, 2.75) is 32.6 Å². The highest BCUT2D eigenvalue weighted by atomic mass is 16.5. The van der Waals surface area contributed by atoms with Crippen LogP contribution in [0.5, 0.6) is 11.5 Å². The summed E-state index contributed by atoms with van der Waals surface area (Å²) in [6.07, 6.45) is 1.76. The van der Waals surface area contributed by atoms with Crippen LogP contribution in [0.1, 0.15) is 36.0 Å². The van der Waals surface area contributed by atoms with Gasteiger partial charge in [0.25, 0.3) is 0 Å². The van der Waals surface area contributed by atoms with Crippen LogP contribution in [0.25, 0.3) is 0 Å². The van der Waals surface area contributed by atoms with E-state index in [4.69, 9.17) is 19.5 Å². The smallest absolute Gasteiger partial charge is 0.305 e. The first kappa shape index (κ1) is 23.7. The van der Waals surface area contributed by atoms with Crippen LogP contribution in [0.3, 0.4) is 0 Å². The average Bonchev–Trinajstić information content (AvgIpc) is 2.79. The lowest BCUT2D eigenvalue weighted by atomic mass is 10.1. The second-order valence-electron chi connectivity index (χ2n) is 6.99. The molecule has 0 heterocycles. The van der Waals surface area contributed by atoms with Crippen LogP contribution < -0.4 is 14.8 Å². The highest BCUT2D eigenvalue weighted by Gasteiger charge is 2.08. The van der Waals surface area contributed by atoms with Crippen LogP contribution >= 0.6 is 0 Å². The van der Waals surface area contributed by atoms with Crippen molar-refractivity contribution in [1.29, 1.82) is 5.26 Å². The Hall–Kier alpha value is -3.53. The van der Waals surface area contributed by atoms with Gasteiger partial charge in [-0.15, -0.1) is 0 Å². The maximum Gasteiger partial charge on any atom is 0.305 e. The first-order valence-electron chi connectivity index (χ1n) is 10.2. The van der Waals surface area contributed by atoms with E-state index >= 15 is 0 Å². The Morgan fingerprint density at radius 1 is 1.03 bits per heavy atom. The fourth-order valence-electron chi connectivity index (χ4n) is 2.78. The number of nitrogens with zero attached hydrogens (tertiary/aromatic N) is 1. The summed E-state index contributed by atoms with van der Waals surface area (Å²) in [5, 5.41) is 11.7. The number of amides is 1. The average molecular weight is 424 g/mol. The molecular weight excluding hydrogens is 396 g/mol. The van der Waals surface area contributed by atoms with Gasteiger partial charge in [-0.25, -0.2) is 0 Å². The molecule has 2 aromatic rings. The zero-order valence-electron chi connectivity index (χ0n) is 18.0. The summed E-state index contributed by atoms with van der Waals surface area (Å²) in [6.45, 7) is 2.77. The van der Waals surface area contributed by atoms with Gasteiger partial charge in [0.15, 0.2) is 11.5 Å². The van der Waals surface area contributed by atoms with E-state index in [-0.39, 0.29) is 31.4 Å². The van der Waals surface area contributed by atoms with E-state index in [1.165, 1.54) is 12.7 Å². The fourth-order valence-corrected chi connectivity index (χ4v) is 2.78. The van der Waals surface area contributed by atoms with Crippen molar-refractivity contribution in [2.24, 2.45) is 0 Å². The second kappa shape index (κ2) is 12.9. The molecule has 0 aliphatic rings. The lowest BCUT2D eigenvalue weighted by molar-refractivity contribution is -0.144. The molecule has 1 amide bonds. The van der Waals surface area contributed by atoms with Crippen LogP contribution in [0.15, 0.2) is 42.5 Å². The number of rotatable bonds is 12. The predicted octanol–water partition coefficient (Wildman–Crippen LogP) is 3.33. The van der Waals surface area contributed by atoms with Crippen LogP contribution in [-0.2, 0) is 20.7 Å². The largest absolute Gasteiger partial charge is 0.493 e. The molecular formula is C24H28N2O5. The minimum atomic E-state index is -0.343. The topological polar surface area (TPSA) is 97.7 Å². The van der Waals surface area contributed by atoms with E-state index in [9.17, 15) is 9.59 Å². The molecule has 7 heteroatoms. The van der Waals surface area contributed by atoms with E-state index in [0.717, 1.165) is 5.56 Å². The molecule has 0 spiro atoms. The van der Waals surface area contributed by atoms with E-state index in [1.54, 1.807) is 18.2 Å². The van der Waals surface area contributed by atoms with Gasteiger partial charge in [0.05, 0.1) is 31.9 Å². The molecule has 0 bridgehead atoms. The number of nitriles is 1. The molecule has 2 rings (SSSR count). The van der Waals surface area contributed by atoms with Crippen LogP contribution in [0.4, 0.5) is 0 Å². The van der Waals surface area contributed by atoms with Crippen molar-refractivity contribution in [3.63, 3.8) is 0 Å². The zero-order valence-corrected chi connectivity index (χ0v) is 18.0. The molecule has 0 atom stereocenters. The standard InChI is InChI=1S/C24H28N2O5/c1-18-5-7-19(8-6-18)10-12-23(27)26-13-15-31-24(28)4-3-14-30-21-11-9-20(17-25)16-22(21)29-2/h5-9,11,16H,3-4,10,12-15H2,1-2H3,(H,26,27). The number of methoxy groups -OCH3 is 1. The number of benzene rings is 2. The van der Waals surface area contributed by atoms with Gasteiger partial charge < -0.3 is 19.5 Å². The third-order valence-electron chi connectivity index (χ3n) is 4.52. The number of nitrogens with one attached hydrogen (secondary N) is 1. The molecule has 31 heavy (non-hydrogen) atoms. The minimum Gasteiger partial charge on any atom is -0.493 e. The molecule has 2 aromatic carbocycles. The third-order valence-corrected chi connectivity index (χ3v) is 4.52. The van der Waals surface area contributed by atoms with Gasteiger partial charge in [0, 0.05) is 18.9 Å². The number of hydrogen-bond acceptors (Lipinski definition) is 6.